The zero-order valence-corrected chi connectivity index (χ0v) is 28.5. The van der Waals surface area contributed by atoms with Crippen LogP contribution in [0.25, 0.3) is 0 Å². The van der Waals surface area contributed by atoms with E-state index in [1.165, 1.54) is 0 Å². The van der Waals surface area contributed by atoms with Crippen LogP contribution in [0.4, 0.5) is 34.4 Å². The minimum absolute atomic E-state index is 0. The van der Waals surface area contributed by atoms with Gasteiger partial charge in [0.1, 0.15) is 0 Å². The smallest absolute Gasteiger partial charge is 0.871 e. The third kappa shape index (κ3) is 11.0. The molecule has 2 heterocycles. The number of halogens is 2. The first-order valence-electron chi connectivity index (χ1n) is 13.5. The van der Waals surface area contributed by atoms with Crippen molar-refractivity contribution in [3.8, 4) is 11.5 Å². The van der Waals surface area contributed by atoms with Gasteiger partial charge >= 0.3 is 16.8 Å². The molecule has 0 saturated carbocycles. The van der Waals surface area contributed by atoms with Crippen LogP contribution >= 0.6 is 31.9 Å². The van der Waals surface area contributed by atoms with Gasteiger partial charge in [0.05, 0.1) is 11.4 Å². The van der Waals surface area contributed by atoms with Gasteiger partial charge in [0.2, 0.25) is 0 Å². The van der Waals surface area contributed by atoms with Crippen molar-refractivity contribution in [2.45, 2.75) is 27.7 Å². The van der Waals surface area contributed by atoms with Crippen molar-refractivity contribution in [2.75, 3.05) is 36.0 Å². The van der Waals surface area contributed by atoms with Gasteiger partial charge < -0.3 is 20.0 Å². The molecule has 0 aliphatic heterocycles. The predicted octanol–water partition coefficient (Wildman–Crippen LogP) is 8.36. The SMILES string of the molecule is CCN(CC)c1ccc(N=Nc2ccc(Br)cn2)c([O-])c1.CCN(CC)c1ccc(N=Nc2ccc(Br)cn2)c([O-])c1.[Co+2]. The Morgan fingerprint density at radius 2 is 0.953 bits per heavy atom. The Morgan fingerprint density at radius 1 is 0.581 bits per heavy atom. The molecule has 0 unspecified atom stereocenters. The van der Waals surface area contributed by atoms with Crippen LogP contribution in [0.1, 0.15) is 27.7 Å². The monoisotopic (exact) mass is 753 g/mol. The summed E-state index contributed by atoms with van der Waals surface area (Å²) < 4.78 is 1.74. The number of benzene rings is 2. The Kier molecular flexibility index (Phi) is 15.2. The van der Waals surface area contributed by atoms with Crippen molar-refractivity contribution in [2.24, 2.45) is 20.5 Å². The van der Waals surface area contributed by atoms with Crippen LogP contribution in [-0.4, -0.2) is 36.1 Å². The zero-order valence-electron chi connectivity index (χ0n) is 24.2. The molecule has 0 atom stereocenters. The summed E-state index contributed by atoms with van der Waals surface area (Å²) in [5.74, 6) is 0.649. The first kappa shape index (κ1) is 35.8. The Morgan fingerprint density at radius 3 is 1.23 bits per heavy atom. The third-order valence-electron chi connectivity index (χ3n) is 6.09. The largest absolute Gasteiger partial charge is 2.00 e. The molecular weight excluding hydrogens is 723 g/mol. The van der Waals surface area contributed by atoms with Crippen LogP contribution in [0.15, 0.2) is 102 Å². The van der Waals surface area contributed by atoms with Crippen LogP contribution in [0.3, 0.4) is 0 Å². The summed E-state index contributed by atoms with van der Waals surface area (Å²) in [6, 6.07) is 17.4. The summed E-state index contributed by atoms with van der Waals surface area (Å²) in [5.41, 5.74) is 2.45. The standard InChI is InChI=1S/2C15H17BrN4O.Co/c2*1-3-20(4-2)12-6-7-13(14(21)9-12)18-19-15-8-5-11(16)10-17-15;/h2*5-10,21H,3-4H2,1-2H3;/q;;+2/p-2. The van der Waals surface area contributed by atoms with Gasteiger partial charge in [-0.2, -0.15) is 0 Å². The molecule has 4 rings (SSSR count). The molecule has 2 aromatic heterocycles. The zero-order chi connectivity index (χ0) is 30.5. The number of rotatable bonds is 10. The van der Waals surface area contributed by atoms with Gasteiger partial charge in [-0.1, -0.05) is 11.5 Å². The van der Waals surface area contributed by atoms with E-state index in [2.05, 4.69) is 99.8 Å². The van der Waals surface area contributed by atoms with Crippen LogP contribution in [0.2, 0.25) is 0 Å². The second kappa shape index (κ2) is 18.3. The number of hydrogen-bond donors (Lipinski definition) is 0. The van der Waals surface area contributed by atoms with Crippen molar-refractivity contribution >= 4 is 66.2 Å². The molecule has 2 aromatic carbocycles. The topological polar surface area (TPSA) is 128 Å². The quantitative estimate of drug-likeness (QED) is 0.150. The molecule has 0 N–H and O–H groups in total. The maximum absolute atomic E-state index is 12.0. The Bertz CT molecular complexity index is 1370. The van der Waals surface area contributed by atoms with E-state index in [1.54, 1.807) is 48.8 Å². The Hall–Kier alpha value is -3.39. The predicted molar refractivity (Wildman–Crippen MR) is 171 cm³/mol. The summed E-state index contributed by atoms with van der Waals surface area (Å²) in [6.07, 6.45) is 3.27. The van der Waals surface area contributed by atoms with Crippen LogP contribution in [-0.2, 0) is 16.8 Å². The molecule has 0 bridgehead atoms. The average molecular weight is 755 g/mol. The Labute approximate surface area is 279 Å². The summed E-state index contributed by atoms with van der Waals surface area (Å²) >= 11 is 6.60. The maximum Gasteiger partial charge on any atom is 2.00 e. The number of anilines is 2. The fraction of sp³-hybridized carbons (Fsp3) is 0.267. The van der Waals surface area contributed by atoms with E-state index >= 15 is 0 Å². The normalized spacial score (nSPS) is 10.7. The van der Waals surface area contributed by atoms with Crippen molar-refractivity contribution in [3.63, 3.8) is 0 Å². The Balaban J connectivity index is 0.000000293. The molecule has 43 heavy (non-hydrogen) atoms. The molecule has 0 spiro atoms. The number of azo groups is 2. The molecular formula is C30H32Br2CoN8O2. The summed E-state index contributed by atoms with van der Waals surface area (Å²) in [4.78, 5) is 12.4. The first-order valence-corrected chi connectivity index (χ1v) is 15.0. The molecule has 0 fully saturated rings. The van der Waals surface area contributed by atoms with E-state index in [9.17, 15) is 10.2 Å². The summed E-state index contributed by atoms with van der Waals surface area (Å²) in [7, 11) is 0. The van der Waals surface area contributed by atoms with E-state index in [1.807, 2.05) is 24.3 Å². The summed E-state index contributed by atoms with van der Waals surface area (Å²) in [6.45, 7) is 11.7. The van der Waals surface area contributed by atoms with Gasteiger partial charge in [-0.15, -0.1) is 20.5 Å². The fourth-order valence-electron chi connectivity index (χ4n) is 3.81. The summed E-state index contributed by atoms with van der Waals surface area (Å²) in [5, 5.41) is 40.0. The average Bonchev–Trinajstić information content (AvgIpc) is 2.99. The minimum atomic E-state index is -0.139. The van der Waals surface area contributed by atoms with Gasteiger partial charge in [-0.05, 0) is 120 Å². The van der Waals surface area contributed by atoms with Gasteiger partial charge in [0.15, 0.2) is 11.6 Å². The van der Waals surface area contributed by atoms with E-state index in [-0.39, 0.29) is 28.3 Å². The molecule has 13 heteroatoms. The van der Waals surface area contributed by atoms with E-state index in [4.69, 9.17) is 0 Å². The third-order valence-corrected chi connectivity index (χ3v) is 7.03. The second-order valence-corrected chi connectivity index (χ2v) is 10.5. The number of hydrogen-bond acceptors (Lipinski definition) is 10. The van der Waals surface area contributed by atoms with Crippen molar-refractivity contribution in [1.29, 1.82) is 0 Å². The minimum Gasteiger partial charge on any atom is -0.871 e. The van der Waals surface area contributed by atoms with Gasteiger partial charge in [-0.3, -0.25) is 0 Å². The van der Waals surface area contributed by atoms with Crippen molar-refractivity contribution in [3.05, 3.63) is 82.0 Å². The second-order valence-electron chi connectivity index (χ2n) is 8.72. The molecule has 0 saturated heterocycles. The van der Waals surface area contributed by atoms with E-state index in [0.717, 1.165) is 46.5 Å². The van der Waals surface area contributed by atoms with Crippen LogP contribution in [0, 0.1) is 0 Å². The van der Waals surface area contributed by atoms with E-state index in [0.29, 0.717) is 23.0 Å². The van der Waals surface area contributed by atoms with Gasteiger partial charge in [-0.25, -0.2) is 9.97 Å². The van der Waals surface area contributed by atoms with E-state index < -0.39 is 0 Å². The molecule has 0 amide bonds. The van der Waals surface area contributed by atoms with Crippen molar-refractivity contribution in [1.82, 2.24) is 9.97 Å². The van der Waals surface area contributed by atoms with Crippen LogP contribution < -0.4 is 20.0 Å². The van der Waals surface area contributed by atoms with Gasteiger partial charge in [0.25, 0.3) is 0 Å². The van der Waals surface area contributed by atoms with Gasteiger partial charge in [0, 0.05) is 58.9 Å². The number of pyridine rings is 2. The van der Waals surface area contributed by atoms with Crippen LogP contribution in [0.5, 0.6) is 11.5 Å². The molecule has 10 nitrogen and oxygen atoms in total. The fourth-order valence-corrected chi connectivity index (χ4v) is 4.28. The molecule has 227 valence electrons. The number of aromatic nitrogens is 2. The maximum atomic E-state index is 12.0. The van der Waals surface area contributed by atoms with Crippen molar-refractivity contribution < 1.29 is 27.0 Å². The molecule has 0 aliphatic carbocycles. The molecule has 1 radical (unpaired) electrons. The number of nitrogens with zero attached hydrogens (tertiary/aromatic N) is 8. The first-order chi connectivity index (χ1) is 20.3. The molecule has 4 aromatic rings. The molecule has 0 aliphatic rings.